The average molecular weight is 1500 g/mol. The second-order valence-electron chi connectivity index (χ2n) is 30.0. The minimum Gasteiger partial charge on any atom is -0.462 e. The number of esters is 4. The lowest BCUT2D eigenvalue weighted by Crippen LogP contribution is -2.30. The van der Waals surface area contributed by atoms with Crippen LogP contribution in [-0.2, 0) is 65.4 Å². The van der Waals surface area contributed by atoms with E-state index in [2.05, 4.69) is 58.9 Å². The van der Waals surface area contributed by atoms with E-state index in [0.717, 1.165) is 115 Å². The molecule has 0 rings (SSSR count). The number of ether oxygens (including phenoxy) is 4. The van der Waals surface area contributed by atoms with E-state index in [9.17, 15) is 43.2 Å². The second kappa shape index (κ2) is 76.3. The first-order valence-corrected chi connectivity index (χ1v) is 45.9. The lowest BCUT2D eigenvalue weighted by atomic mass is 10.0. The number of carbonyl (C=O) groups is 4. The van der Waals surface area contributed by atoms with Crippen LogP contribution in [0.2, 0.25) is 0 Å². The number of unbranched alkanes of at least 4 members (excludes halogenated alkanes) is 51. The van der Waals surface area contributed by atoms with Crippen molar-refractivity contribution in [3.63, 3.8) is 0 Å². The third-order valence-corrected chi connectivity index (χ3v) is 21.1. The Bertz CT molecular complexity index is 2060. The molecule has 2 unspecified atom stereocenters. The van der Waals surface area contributed by atoms with Crippen LogP contribution in [0.5, 0.6) is 0 Å². The van der Waals surface area contributed by atoms with Gasteiger partial charge in [0, 0.05) is 25.7 Å². The highest BCUT2D eigenvalue weighted by Gasteiger charge is 2.30. The van der Waals surface area contributed by atoms with Gasteiger partial charge in [0.15, 0.2) is 12.2 Å². The zero-order chi connectivity index (χ0) is 75.5. The Kier molecular flexibility index (Phi) is 74.5. The number of aliphatic hydroxyl groups is 1. The summed E-state index contributed by atoms with van der Waals surface area (Å²) in [5.74, 6) is -1.38. The van der Waals surface area contributed by atoms with Crippen LogP contribution in [0.4, 0.5) is 0 Å². The summed E-state index contributed by atoms with van der Waals surface area (Å²) >= 11 is 0. The van der Waals surface area contributed by atoms with Gasteiger partial charge in [0.25, 0.3) is 0 Å². The molecular weight excluding hydrogens is 1340 g/mol. The fraction of sp³-hybridized carbons (Fsp3) is 0.905. The first-order valence-electron chi connectivity index (χ1n) is 43.0. The normalized spacial score (nSPS) is 14.0. The Morgan fingerprint density at radius 3 is 0.796 bits per heavy atom. The number of rotatable bonds is 82. The van der Waals surface area contributed by atoms with Crippen molar-refractivity contribution < 1.29 is 80.2 Å². The summed E-state index contributed by atoms with van der Waals surface area (Å²) < 4.78 is 68.8. The molecule has 103 heavy (non-hydrogen) atoms. The molecule has 0 aliphatic carbocycles. The predicted molar refractivity (Wildman–Crippen MR) is 423 cm³/mol. The average Bonchev–Trinajstić information content (AvgIpc) is 0.917. The lowest BCUT2D eigenvalue weighted by Gasteiger charge is -2.21. The Balaban J connectivity index is 5.26. The van der Waals surface area contributed by atoms with Gasteiger partial charge in [-0.1, -0.05) is 374 Å². The highest BCUT2D eigenvalue weighted by atomic mass is 31.2. The highest BCUT2D eigenvalue weighted by molar-refractivity contribution is 7.47. The number of hydrogen-bond acceptors (Lipinski definition) is 15. The molecule has 17 nitrogen and oxygen atoms in total. The van der Waals surface area contributed by atoms with Gasteiger partial charge in [-0.15, -0.1) is 0 Å². The van der Waals surface area contributed by atoms with Crippen LogP contribution >= 0.6 is 15.6 Å². The molecule has 0 heterocycles. The SMILES string of the molecule is CCCCCC/C=C\C=C/CCCCCCCC(=O)OC[C@H](COP(=O)(O)OC[C@@H](O)COP(=O)(O)OC[C@@H](COC(=O)CCCCCCCCCCCCCCC)OC(=O)CCCCCCCCCCCCC(C)C)OC(=O)CCCCCCCCCCCCCCCCCCCCCCCC. The van der Waals surface area contributed by atoms with E-state index in [4.69, 9.17) is 37.0 Å². The van der Waals surface area contributed by atoms with Crippen molar-refractivity contribution in [3.8, 4) is 0 Å². The zero-order valence-corrected chi connectivity index (χ0v) is 68.7. The molecule has 608 valence electrons. The zero-order valence-electron chi connectivity index (χ0n) is 66.9. The van der Waals surface area contributed by atoms with Crippen molar-refractivity contribution in [1.29, 1.82) is 0 Å². The third-order valence-electron chi connectivity index (χ3n) is 19.2. The van der Waals surface area contributed by atoms with Gasteiger partial charge in [0.1, 0.15) is 19.3 Å². The van der Waals surface area contributed by atoms with E-state index < -0.39 is 97.5 Å². The lowest BCUT2D eigenvalue weighted by molar-refractivity contribution is -0.161. The van der Waals surface area contributed by atoms with Crippen molar-refractivity contribution in [2.45, 2.75) is 445 Å². The maximum absolute atomic E-state index is 13.1. The van der Waals surface area contributed by atoms with Gasteiger partial charge in [0.2, 0.25) is 0 Å². The third kappa shape index (κ3) is 77.5. The number of aliphatic hydroxyl groups excluding tert-OH is 1. The Labute approximate surface area is 631 Å². The summed E-state index contributed by atoms with van der Waals surface area (Å²) in [6, 6.07) is 0. The topological polar surface area (TPSA) is 237 Å². The van der Waals surface area contributed by atoms with E-state index in [1.807, 2.05) is 0 Å². The van der Waals surface area contributed by atoms with Crippen LogP contribution in [0.15, 0.2) is 24.3 Å². The molecule has 0 saturated heterocycles. The Morgan fingerprint density at radius 2 is 0.524 bits per heavy atom. The Hall–Kier alpha value is -2.46. The number of allylic oxidation sites excluding steroid dienone is 4. The molecule has 0 spiro atoms. The molecule has 0 aliphatic heterocycles. The molecule has 0 amide bonds. The van der Waals surface area contributed by atoms with Crippen LogP contribution in [0, 0.1) is 5.92 Å². The molecule has 5 atom stereocenters. The van der Waals surface area contributed by atoms with Crippen LogP contribution in [-0.4, -0.2) is 96.7 Å². The first-order chi connectivity index (χ1) is 50.0. The summed E-state index contributed by atoms with van der Waals surface area (Å²) in [6.07, 6.45) is 71.6. The summed E-state index contributed by atoms with van der Waals surface area (Å²) in [7, 11) is -9.93. The molecule has 19 heteroatoms. The molecule has 0 aliphatic rings. The first kappa shape index (κ1) is 101. The van der Waals surface area contributed by atoms with Crippen molar-refractivity contribution in [1.82, 2.24) is 0 Å². The van der Waals surface area contributed by atoms with E-state index >= 15 is 0 Å². The minimum atomic E-state index is -4.97. The fourth-order valence-electron chi connectivity index (χ4n) is 12.6. The molecule has 0 saturated carbocycles. The predicted octanol–water partition coefficient (Wildman–Crippen LogP) is 25.1. The van der Waals surface area contributed by atoms with Crippen molar-refractivity contribution in [3.05, 3.63) is 24.3 Å². The molecule has 0 aromatic carbocycles. The minimum absolute atomic E-state index is 0.102. The van der Waals surface area contributed by atoms with Gasteiger partial charge < -0.3 is 33.8 Å². The standard InChI is InChI=1S/C84H160O17P2/c1-6-9-12-15-18-21-24-27-29-30-31-32-33-34-35-37-40-43-49-54-59-64-69-83(88)100-79(73-95-82(87)68-63-58-53-48-42-39-36-28-25-22-19-16-13-10-7-2)75-98-102(90,91)96-71-78(85)72-97-103(92,93)99-76-80(101-84(89)70-65-60-55-50-45-44-46-51-56-61-66-77(4)5)74-94-81(86)67-62-57-52-47-41-38-26-23-20-17-14-11-8-3/h22,25,28,36,77-80,85H,6-21,23-24,26-27,29-35,37-76H2,1-5H3,(H,90,91)(H,92,93)/b25-22-,36-28-/t78-,79-,80-/m1/s1. The van der Waals surface area contributed by atoms with Gasteiger partial charge in [-0.05, 0) is 57.3 Å². The van der Waals surface area contributed by atoms with Crippen LogP contribution in [0.25, 0.3) is 0 Å². The highest BCUT2D eigenvalue weighted by Crippen LogP contribution is 2.45. The molecule has 0 fully saturated rings. The molecule has 3 N–H and O–H groups in total. The van der Waals surface area contributed by atoms with E-state index in [0.29, 0.717) is 25.7 Å². The van der Waals surface area contributed by atoms with E-state index in [1.54, 1.807) is 0 Å². The maximum Gasteiger partial charge on any atom is 0.472 e. The van der Waals surface area contributed by atoms with Crippen molar-refractivity contribution in [2.75, 3.05) is 39.6 Å². The number of phosphoric acid groups is 2. The number of hydrogen-bond donors (Lipinski definition) is 3. The molecule has 0 aromatic rings. The van der Waals surface area contributed by atoms with Crippen molar-refractivity contribution in [2.24, 2.45) is 5.92 Å². The summed E-state index contributed by atoms with van der Waals surface area (Å²) in [4.78, 5) is 73.1. The van der Waals surface area contributed by atoms with E-state index in [-0.39, 0.29) is 25.7 Å². The van der Waals surface area contributed by atoms with E-state index in [1.165, 1.54) is 231 Å². The Morgan fingerprint density at radius 1 is 0.301 bits per heavy atom. The summed E-state index contributed by atoms with van der Waals surface area (Å²) in [5, 5.41) is 10.7. The smallest absolute Gasteiger partial charge is 0.462 e. The van der Waals surface area contributed by atoms with Crippen LogP contribution in [0.1, 0.15) is 426 Å². The maximum atomic E-state index is 13.1. The van der Waals surface area contributed by atoms with Crippen LogP contribution in [0.3, 0.4) is 0 Å². The molecule has 0 aromatic heterocycles. The number of phosphoric ester groups is 2. The molecule has 0 radical (unpaired) electrons. The molecule has 0 bridgehead atoms. The van der Waals surface area contributed by atoms with Gasteiger partial charge in [-0.2, -0.15) is 0 Å². The fourth-order valence-corrected chi connectivity index (χ4v) is 14.2. The summed E-state index contributed by atoms with van der Waals surface area (Å²) in [6.45, 7) is 7.27. The quantitative estimate of drug-likeness (QED) is 0.0169. The monoisotopic (exact) mass is 1500 g/mol. The second-order valence-corrected chi connectivity index (χ2v) is 32.9. The van der Waals surface area contributed by atoms with Gasteiger partial charge >= 0.3 is 39.5 Å². The summed E-state index contributed by atoms with van der Waals surface area (Å²) in [5.41, 5.74) is 0. The van der Waals surface area contributed by atoms with Gasteiger partial charge in [-0.25, -0.2) is 9.13 Å². The molecular formula is C84H160O17P2. The largest absolute Gasteiger partial charge is 0.472 e. The van der Waals surface area contributed by atoms with Gasteiger partial charge in [-0.3, -0.25) is 37.3 Å². The van der Waals surface area contributed by atoms with Gasteiger partial charge in [0.05, 0.1) is 26.4 Å². The van der Waals surface area contributed by atoms with Crippen LogP contribution < -0.4 is 0 Å². The van der Waals surface area contributed by atoms with Crippen molar-refractivity contribution >= 4 is 39.5 Å². The number of carbonyl (C=O) groups excluding carboxylic acids is 4.